The first-order valence-corrected chi connectivity index (χ1v) is 11.5. The number of rotatable bonds is 8. The first-order valence-electron chi connectivity index (χ1n) is 9.05. The largest absolute Gasteiger partial charge is 0.309 e. The second-order valence-corrected chi connectivity index (χ2v) is 9.88. The lowest BCUT2D eigenvalue weighted by atomic mass is 10.3. The van der Waals surface area contributed by atoms with Gasteiger partial charge in [0.1, 0.15) is 11.6 Å². The average molecular weight is 436 g/mol. The lowest BCUT2D eigenvalue weighted by Gasteiger charge is -2.21. The Morgan fingerprint density at radius 2 is 1.83 bits per heavy atom. The summed E-state index contributed by atoms with van der Waals surface area (Å²) in [4.78, 5) is 20.9. The van der Waals surface area contributed by atoms with Crippen LogP contribution < -0.4 is 4.90 Å². The van der Waals surface area contributed by atoms with E-state index in [-0.39, 0.29) is 10.7 Å². The molecule has 1 amide bonds. The van der Waals surface area contributed by atoms with Gasteiger partial charge in [0.2, 0.25) is 5.91 Å². The Balaban J connectivity index is 1.88. The van der Waals surface area contributed by atoms with Crippen LogP contribution in [0.2, 0.25) is 0 Å². The van der Waals surface area contributed by atoms with E-state index in [9.17, 15) is 17.6 Å². The van der Waals surface area contributed by atoms with Gasteiger partial charge in [-0.1, -0.05) is 29.5 Å². The number of nitrogens with zero attached hydrogens (tertiary/aromatic N) is 3. The molecule has 1 heterocycles. The molecule has 0 N–H and O–H groups in total. The summed E-state index contributed by atoms with van der Waals surface area (Å²) in [7, 11) is 0.0707. The molecule has 2 aromatic carbocycles. The summed E-state index contributed by atoms with van der Waals surface area (Å²) in [5, 5.41) is 0.373. The second kappa shape index (κ2) is 8.98. The van der Waals surface area contributed by atoms with Crippen LogP contribution in [0.3, 0.4) is 0 Å². The van der Waals surface area contributed by atoms with Gasteiger partial charge in [-0.3, -0.25) is 9.69 Å². The maximum absolute atomic E-state index is 13.5. The van der Waals surface area contributed by atoms with Crippen LogP contribution in [-0.4, -0.2) is 57.1 Å². The van der Waals surface area contributed by atoms with E-state index < -0.39 is 21.5 Å². The van der Waals surface area contributed by atoms with Crippen molar-refractivity contribution in [3.63, 3.8) is 0 Å². The molecule has 0 aliphatic heterocycles. The minimum absolute atomic E-state index is 0.105. The predicted octanol–water partition coefficient (Wildman–Crippen LogP) is 3.19. The van der Waals surface area contributed by atoms with Gasteiger partial charge >= 0.3 is 0 Å². The quantitative estimate of drug-likeness (QED) is 0.543. The van der Waals surface area contributed by atoms with Gasteiger partial charge in [-0.15, -0.1) is 0 Å². The summed E-state index contributed by atoms with van der Waals surface area (Å²) in [6.07, 6.45) is 0.647. The van der Waals surface area contributed by atoms with Crippen LogP contribution in [0.4, 0.5) is 9.52 Å². The minimum Gasteiger partial charge on any atom is -0.309 e. The highest BCUT2D eigenvalue weighted by atomic mass is 32.2. The molecule has 0 saturated heterocycles. The molecule has 154 valence electrons. The van der Waals surface area contributed by atoms with E-state index in [0.29, 0.717) is 28.3 Å². The number of fused-ring (bicyclic) bond motifs is 1. The van der Waals surface area contributed by atoms with Gasteiger partial charge in [0.15, 0.2) is 15.0 Å². The number of benzene rings is 2. The fourth-order valence-corrected chi connectivity index (χ4v) is 5.08. The highest BCUT2D eigenvalue weighted by Gasteiger charge is 2.26. The Labute approximate surface area is 173 Å². The number of hydrogen-bond donors (Lipinski definition) is 0. The average Bonchev–Trinajstić information content (AvgIpc) is 3.07. The molecule has 0 saturated carbocycles. The maximum atomic E-state index is 13.5. The van der Waals surface area contributed by atoms with E-state index in [1.54, 1.807) is 24.3 Å². The number of amides is 1. The summed E-state index contributed by atoms with van der Waals surface area (Å²) in [6, 6.07) is 12.1. The van der Waals surface area contributed by atoms with Crippen LogP contribution in [-0.2, 0) is 14.6 Å². The molecule has 0 atom stereocenters. The maximum Gasteiger partial charge on any atom is 0.244 e. The zero-order chi connectivity index (χ0) is 21.0. The van der Waals surface area contributed by atoms with Gasteiger partial charge < -0.3 is 4.90 Å². The number of hydrogen-bond acceptors (Lipinski definition) is 6. The molecule has 9 heteroatoms. The molecule has 6 nitrogen and oxygen atoms in total. The minimum atomic E-state index is -3.78. The summed E-state index contributed by atoms with van der Waals surface area (Å²) in [5.41, 5.74) is 0.572. The Morgan fingerprint density at radius 3 is 2.52 bits per heavy atom. The van der Waals surface area contributed by atoms with Gasteiger partial charge in [-0.05, 0) is 57.4 Å². The van der Waals surface area contributed by atoms with Crippen molar-refractivity contribution in [2.75, 3.05) is 37.8 Å². The van der Waals surface area contributed by atoms with E-state index >= 15 is 0 Å². The lowest BCUT2D eigenvalue weighted by molar-refractivity contribution is -0.116. The van der Waals surface area contributed by atoms with E-state index in [2.05, 4.69) is 4.98 Å². The molecule has 0 aliphatic carbocycles. The predicted molar refractivity (Wildman–Crippen MR) is 114 cm³/mol. The summed E-state index contributed by atoms with van der Waals surface area (Å²) >= 11 is 1.17. The Morgan fingerprint density at radius 1 is 1.10 bits per heavy atom. The van der Waals surface area contributed by atoms with Crippen molar-refractivity contribution in [2.45, 2.75) is 11.3 Å². The normalized spacial score (nSPS) is 11.9. The summed E-state index contributed by atoms with van der Waals surface area (Å²) < 4.78 is 39.4. The van der Waals surface area contributed by atoms with Crippen LogP contribution in [0.25, 0.3) is 10.2 Å². The van der Waals surface area contributed by atoms with Crippen molar-refractivity contribution < 1.29 is 17.6 Å². The van der Waals surface area contributed by atoms with E-state index in [1.165, 1.54) is 40.5 Å². The van der Waals surface area contributed by atoms with E-state index in [1.807, 2.05) is 19.0 Å². The molecule has 0 bridgehead atoms. The highest BCUT2D eigenvalue weighted by Crippen LogP contribution is 2.30. The molecule has 29 heavy (non-hydrogen) atoms. The monoisotopic (exact) mass is 435 g/mol. The zero-order valence-corrected chi connectivity index (χ0v) is 17.8. The van der Waals surface area contributed by atoms with Crippen molar-refractivity contribution in [1.82, 2.24) is 9.88 Å². The topological polar surface area (TPSA) is 70.6 Å². The zero-order valence-electron chi connectivity index (χ0n) is 16.2. The smallest absolute Gasteiger partial charge is 0.244 e. The number of carbonyl (C=O) groups excluding carboxylic acids is 1. The standard InChI is InChI=1S/C20H22FN3O3S2/c1-23(2)11-6-12-24(20-22-17-10-9-15(21)13-18(17)28-20)19(25)14-29(26,27)16-7-4-3-5-8-16/h3-5,7-10,13H,6,11-12,14H2,1-2H3. The molecule has 0 radical (unpaired) electrons. The summed E-state index contributed by atoms with van der Waals surface area (Å²) in [6.45, 7) is 1.05. The summed E-state index contributed by atoms with van der Waals surface area (Å²) in [5.74, 6) is -1.58. The first kappa shape index (κ1) is 21.4. The molecule has 0 spiro atoms. The van der Waals surface area contributed by atoms with Gasteiger partial charge in [0.05, 0.1) is 15.1 Å². The fourth-order valence-electron chi connectivity index (χ4n) is 2.83. The van der Waals surface area contributed by atoms with Crippen LogP contribution in [0, 0.1) is 5.82 Å². The van der Waals surface area contributed by atoms with Crippen LogP contribution in [0.15, 0.2) is 53.4 Å². The second-order valence-electron chi connectivity index (χ2n) is 6.88. The SMILES string of the molecule is CN(C)CCCN(C(=O)CS(=O)(=O)c1ccccc1)c1nc2ccc(F)cc2s1. The molecule has 0 fully saturated rings. The van der Waals surface area contributed by atoms with Crippen molar-refractivity contribution >= 4 is 42.4 Å². The van der Waals surface area contributed by atoms with Gasteiger partial charge in [-0.25, -0.2) is 17.8 Å². The third kappa shape index (κ3) is 5.37. The molecule has 0 unspecified atom stereocenters. The van der Waals surface area contributed by atoms with Crippen molar-refractivity contribution in [3.8, 4) is 0 Å². The van der Waals surface area contributed by atoms with Gasteiger partial charge in [-0.2, -0.15) is 0 Å². The van der Waals surface area contributed by atoms with Crippen LogP contribution >= 0.6 is 11.3 Å². The van der Waals surface area contributed by atoms with Crippen LogP contribution in [0.5, 0.6) is 0 Å². The lowest BCUT2D eigenvalue weighted by Crippen LogP contribution is -2.37. The van der Waals surface area contributed by atoms with Gasteiger partial charge in [0, 0.05) is 6.54 Å². The van der Waals surface area contributed by atoms with Crippen molar-refractivity contribution in [1.29, 1.82) is 0 Å². The number of carbonyl (C=O) groups is 1. The van der Waals surface area contributed by atoms with Crippen molar-refractivity contribution in [3.05, 3.63) is 54.3 Å². The Bertz CT molecular complexity index is 1100. The number of thiazole rings is 1. The van der Waals surface area contributed by atoms with Crippen LogP contribution in [0.1, 0.15) is 6.42 Å². The van der Waals surface area contributed by atoms with Gasteiger partial charge in [0.25, 0.3) is 0 Å². The Kier molecular flexibility index (Phi) is 6.61. The van der Waals surface area contributed by atoms with Crippen molar-refractivity contribution in [2.24, 2.45) is 0 Å². The number of anilines is 1. The molecule has 1 aromatic heterocycles. The molecule has 3 rings (SSSR count). The number of aromatic nitrogens is 1. The van der Waals surface area contributed by atoms with E-state index in [0.717, 1.165) is 6.54 Å². The number of halogens is 1. The Hall–Kier alpha value is -2.36. The van der Waals surface area contributed by atoms with E-state index in [4.69, 9.17) is 0 Å². The fraction of sp³-hybridized carbons (Fsp3) is 0.300. The number of sulfone groups is 1. The molecule has 3 aromatic rings. The third-order valence-electron chi connectivity index (χ3n) is 4.27. The molecular formula is C20H22FN3O3S2. The molecular weight excluding hydrogens is 413 g/mol. The molecule has 0 aliphatic rings. The highest BCUT2D eigenvalue weighted by molar-refractivity contribution is 7.92. The first-order chi connectivity index (χ1) is 13.8. The third-order valence-corrected chi connectivity index (χ3v) is 6.93.